The van der Waals surface area contributed by atoms with Crippen LogP contribution >= 0.6 is 0 Å². The number of pyridine rings is 1. The number of rotatable bonds is 7. The van der Waals surface area contributed by atoms with Crippen molar-refractivity contribution in [3.63, 3.8) is 0 Å². The molecule has 0 aromatic carbocycles. The van der Waals surface area contributed by atoms with Crippen LogP contribution in [-0.4, -0.2) is 48.2 Å². The number of hydrogen-bond donors (Lipinski definition) is 2. The molecule has 0 amide bonds. The third kappa shape index (κ3) is 3.88. The molecule has 1 heterocycles. The first-order valence-corrected chi connectivity index (χ1v) is 5.70. The number of carbonyl (C=O) groups is 1. The van der Waals surface area contributed by atoms with Crippen LogP contribution in [0.15, 0.2) is 12.3 Å². The SMILES string of the molecule is CNCCCN(C)c1cc(C(=O)O)c([N+](=O)[O-])cn1. The van der Waals surface area contributed by atoms with Crippen LogP contribution < -0.4 is 10.2 Å². The van der Waals surface area contributed by atoms with E-state index in [1.807, 2.05) is 7.05 Å². The van der Waals surface area contributed by atoms with Gasteiger partial charge in [-0.2, -0.15) is 0 Å². The van der Waals surface area contributed by atoms with Crippen molar-refractivity contribution in [2.45, 2.75) is 6.42 Å². The van der Waals surface area contributed by atoms with Crippen molar-refractivity contribution < 1.29 is 14.8 Å². The molecule has 1 aromatic rings. The maximum absolute atomic E-state index is 11.0. The van der Waals surface area contributed by atoms with Crippen LogP contribution in [0.4, 0.5) is 11.5 Å². The van der Waals surface area contributed by atoms with E-state index in [4.69, 9.17) is 5.11 Å². The summed E-state index contributed by atoms with van der Waals surface area (Å²) >= 11 is 0. The van der Waals surface area contributed by atoms with Gasteiger partial charge in [-0.05, 0) is 20.0 Å². The molecule has 0 bridgehead atoms. The summed E-state index contributed by atoms with van der Waals surface area (Å²) < 4.78 is 0. The van der Waals surface area contributed by atoms with Crippen LogP contribution in [0, 0.1) is 10.1 Å². The number of carboxylic acid groups (broad SMARTS) is 1. The highest BCUT2D eigenvalue weighted by Crippen LogP contribution is 2.21. The third-order valence-electron chi connectivity index (χ3n) is 2.61. The van der Waals surface area contributed by atoms with Gasteiger partial charge in [-0.1, -0.05) is 0 Å². The summed E-state index contributed by atoms with van der Waals surface area (Å²) in [6.45, 7) is 1.49. The van der Waals surface area contributed by atoms with E-state index in [-0.39, 0.29) is 5.56 Å². The maximum Gasteiger partial charge on any atom is 0.342 e. The lowest BCUT2D eigenvalue weighted by Crippen LogP contribution is -2.23. The van der Waals surface area contributed by atoms with E-state index >= 15 is 0 Å². The molecule has 0 atom stereocenters. The second-order valence-corrected chi connectivity index (χ2v) is 4.00. The molecule has 2 N–H and O–H groups in total. The minimum absolute atomic E-state index is 0.351. The van der Waals surface area contributed by atoms with Crippen molar-refractivity contribution >= 4 is 17.5 Å². The van der Waals surface area contributed by atoms with Gasteiger partial charge in [0.15, 0.2) is 0 Å². The Hall–Kier alpha value is -2.22. The van der Waals surface area contributed by atoms with Gasteiger partial charge in [0.2, 0.25) is 0 Å². The van der Waals surface area contributed by atoms with Crippen LogP contribution in [0.5, 0.6) is 0 Å². The number of hydrogen-bond acceptors (Lipinski definition) is 6. The summed E-state index contributed by atoms with van der Waals surface area (Å²) in [6, 6.07) is 1.22. The second kappa shape index (κ2) is 6.64. The molecule has 104 valence electrons. The lowest BCUT2D eigenvalue weighted by molar-refractivity contribution is -0.385. The number of anilines is 1. The van der Waals surface area contributed by atoms with E-state index in [0.29, 0.717) is 12.4 Å². The molecule has 0 aliphatic heterocycles. The monoisotopic (exact) mass is 268 g/mol. The number of aromatic nitrogens is 1. The van der Waals surface area contributed by atoms with E-state index in [2.05, 4.69) is 10.3 Å². The van der Waals surface area contributed by atoms with Crippen LogP contribution in [0.3, 0.4) is 0 Å². The summed E-state index contributed by atoms with van der Waals surface area (Å²) in [5, 5.41) is 22.7. The van der Waals surface area contributed by atoms with Crippen molar-refractivity contribution in [3.8, 4) is 0 Å². The zero-order valence-corrected chi connectivity index (χ0v) is 10.8. The molecule has 0 spiro atoms. The predicted molar refractivity (Wildman–Crippen MR) is 69.7 cm³/mol. The average molecular weight is 268 g/mol. The molecule has 0 aliphatic carbocycles. The molecular formula is C11H16N4O4. The highest BCUT2D eigenvalue weighted by molar-refractivity contribution is 5.93. The molecule has 0 radical (unpaired) electrons. The quantitative estimate of drug-likeness (QED) is 0.426. The van der Waals surface area contributed by atoms with Gasteiger partial charge in [-0.3, -0.25) is 10.1 Å². The van der Waals surface area contributed by atoms with Crippen LogP contribution in [-0.2, 0) is 0 Å². The Labute approximate surface area is 110 Å². The first kappa shape index (κ1) is 14.8. The fourth-order valence-electron chi connectivity index (χ4n) is 1.57. The largest absolute Gasteiger partial charge is 0.477 e. The lowest BCUT2D eigenvalue weighted by atomic mass is 10.2. The summed E-state index contributed by atoms with van der Waals surface area (Å²) in [7, 11) is 3.60. The van der Waals surface area contributed by atoms with Crippen molar-refractivity contribution in [1.82, 2.24) is 10.3 Å². The number of nitrogens with one attached hydrogen (secondary N) is 1. The summed E-state index contributed by atoms with van der Waals surface area (Å²) in [5.41, 5.74) is -0.852. The fraction of sp³-hybridized carbons (Fsp3) is 0.455. The molecule has 8 heteroatoms. The summed E-state index contributed by atoms with van der Waals surface area (Å²) in [6.07, 6.45) is 1.83. The Morgan fingerprint density at radius 1 is 1.63 bits per heavy atom. The fourth-order valence-corrected chi connectivity index (χ4v) is 1.57. The number of nitrogens with zero attached hydrogens (tertiary/aromatic N) is 3. The molecule has 1 rings (SSSR count). The van der Waals surface area contributed by atoms with E-state index < -0.39 is 16.6 Å². The van der Waals surface area contributed by atoms with Gasteiger partial charge in [-0.15, -0.1) is 0 Å². The van der Waals surface area contributed by atoms with Crippen molar-refractivity contribution in [1.29, 1.82) is 0 Å². The number of aromatic carboxylic acids is 1. The minimum atomic E-state index is -1.33. The summed E-state index contributed by atoms with van der Waals surface area (Å²) in [4.78, 5) is 26.6. The van der Waals surface area contributed by atoms with Crippen LogP contribution in [0.2, 0.25) is 0 Å². The maximum atomic E-state index is 11.0. The van der Waals surface area contributed by atoms with Crippen LogP contribution in [0.1, 0.15) is 16.8 Å². The van der Waals surface area contributed by atoms with Gasteiger partial charge >= 0.3 is 11.7 Å². The first-order valence-electron chi connectivity index (χ1n) is 5.70. The standard InChI is InChI=1S/C11H16N4O4/c1-12-4-3-5-14(2)10-6-8(11(16)17)9(7-13-10)15(18)19/h6-7,12H,3-5H2,1-2H3,(H,16,17). The average Bonchev–Trinajstić information content (AvgIpc) is 2.38. The molecule has 0 saturated carbocycles. The molecule has 19 heavy (non-hydrogen) atoms. The van der Waals surface area contributed by atoms with Gasteiger partial charge in [-0.25, -0.2) is 9.78 Å². The smallest absolute Gasteiger partial charge is 0.342 e. The zero-order chi connectivity index (χ0) is 14.4. The highest BCUT2D eigenvalue weighted by Gasteiger charge is 2.21. The Morgan fingerprint density at radius 3 is 2.84 bits per heavy atom. The van der Waals surface area contributed by atoms with Gasteiger partial charge in [0, 0.05) is 19.7 Å². The van der Waals surface area contributed by atoms with E-state index in [0.717, 1.165) is 19.2 Å². The molecule has 1 aromatic heterocycles. The van der Waals surface area contributed by atoms with E-state index in [9.17, 15) is 14.9 Å². The molecular weight excluding hydrogens is 252 g/mol. The van der Waals surface area contributed by atoms with Crippen molar-refractivity contribution in [2.24, 2.45) is 0 Å². The Bertz CT molecular complexity index is 478. The summed E-state index contributed by atoms with van der Waals surface area (Å²) in [5.74, 6) is -0.932. The molecule has 0 unspecified atom stereocenters. The van der Waals surface area contributed by atoms with Crippen molar-refractivity contribution in [2.75, 3.05) is 32.1 Å². The molecule has 8 nitrogen and oxygen atoms in total. The lowest BCUT2D eigenvalue weighted by Gasteiger charge is -2.18. The molecule has 0 fully saturated rings. The first-order chi connectivity index (χ1) is 8.97. The highest BCUT2D eigenvalue weighted by atomic mass is 16.6. The topological polar surface area (TPSA) is 109 Å². The van der Waals surface area contributed by atoms with Crippen molar-refractivity contribution in [3.05, 3.63) is 27.9 Å². The second-order valence-electron chi connectivity index (χ2n) is 4.00. The number of nitro groups is 1. The minimum Gasteiger partial charge on any atom is -0.477 e. The van der Waals surface area contributed by atoms with E-state index in [1.54, 1.807) is 11.9 Å². The Kier molecular flexibility index (Phi) is 5.19. The Morgan fingerprint density at radius 2 is 2.32 bits per heavy atom. The van der Waals surface area contributed by atoms with Gasteiger partial charge in [0.25, 0.3) is 0 Å². The number of carboxylic acids is 1. The van der Waals surface area contributed by atoms with Gasteiger partial charge in [0.1, 0.15) is 17.6 Å². The van der Waals surface area contributed by atoms with E-state index in [1.165, 1.54) is 6.07 Å². The zero-order valence-electron chi connectivity index (χ0n) is 10.8. The van der Waals surface area contributed by atoms with Crippen LogP contribution in [0.25, 0.3) is 0 Å². The molecule has 0 saturated heterocycles. The van der Waals surface area contributed by atoms with Gasteiger partial charge in [0.05, 0.1) is 4.92 Å². The van der Waals surface area contributed by atoms with Gasteiger partial charge < -0.3 is 15.3 Å². The predicted octanol–water partition coefficient (Wildman–Crippen LogP) is 0.734. The third-order valence-corrected chi connectivity index (χ3v) is 2.61. The Balaban J connectivity index is 2.95. The normalized spacial score (nSPS) is 10.2. The molecule has 0 aliphatic rings.